The highest BCUT2D eigenvalue weighted by atomic mass is 35.5. The van der Waals surface area contributed by atoms with Crippen LogP contribution in [0.4, 0.5) is 17.2 Å². The summed E-state index contributed by atoms with van der Waals surface area (Å²) < 4.78 is 5.68. The molecule has 0 fully saturated rings. The number of hydrogen-bond donors (Lipinski definition) is 1. The van der Waals surface area contributed by atoms with Gasteiger partial charge >= 0.3 is 11.6 Å². The maximum absolute atomic E-state index is 11.7. The number of hydrogen-bond acceptors (Lipinski definition) is 6. The number of benzene rings is 2. The van der Waals surface area contributed by atoms with Gasteiger partial charge in [-0.15, -0.1) is 0 Å². The van der Waals surface area contributed by atoms with E-state index in [1.807, 2.05) is 26.8 Å². The molecule has 0 unspecified atom stereocenters. The number of nitro groups is 1. The van der Waals surface area contributed by atoms with Crippen LogP contribution < -0.4 is 10.1 Å². The molecule has 1 N–H and O–H groups in total. The topological polar surface area (TPSA) is 90.2 Å². The molecule has 7 nitrogen and oxygen atoms in total. The third kappa shape index (κ3) is 4.15. The van der Waals surface area contributed by atoms with Crippen molar-refractivity contribution in [3.63, 3.8) is 0 Å². The van der Waals surface area contributed by atoms with Gasteiger partial charge < -0.3 is 10.1 Å². The summed E-state index contributed by atoms with van der Waals surface area (Å²) in [5.41, 5.74) is 3.25. The van der Waals surface area contributed by atoms with Crippen molar-refractivity contribution in [1.29, 1.82) is 0 Å². The molecule has 0 bridgehead atoms. The van der Waals surface area contributed by atoms with E-state index in [9.17, 15) is 10.1 Å². The van der Waals surface area contributed by atoms with Crippen molar-refractivity contribution in [2.45, 2.75) is 20.8 Å². The number of anilines is 2. The fourth-order valence-electron chi connectivity index (χ4n) is 2.48. The Morgan fingerprint density at radius 1 is 1.04 bits per heavy atom. The van der Waals surface area contributed by atoms with E-state index in [0.29, 0.717) is 16.5 Å². The zero-order valence-corrected chi connectivity index (χ0v) is 15.7. The minimum absolute atomic E-state index is 0.0410. The van der Waals surface area contributed by atoms with E-state index >= 15 is 0 Å². The number of aryl methyl sites for hydroxylation is 3. The van der Waals surface area contributed by atoms with Gasteiger partial charge in [-0.2, -0.15) is 4.98 Å². The van der Waals surface area contributed by atoms with E-state index in [-0.39, 0.29) is 17.4 Å². The smallest absolute Gasteiger partial charge is 0.373 e. The van der Waals surface area contributed by atoms with Crippen LogP contribution in [0.5, 0.6) is 11.6 Å². The van der Waals surface area contributed by atoms with Crippen molar-refractivity contribution in [1.82, 2.24) is 9.97 Å². The molecule has 0 atom stereocenters. The number of halogens is 1. The number of nitrogens with zero attached hydrogens (tertiary/aromatic N) is 3. The zero-order chi connectivity index (χ0) is 19.6. The van der Waals surface area contributed by atoms with Crippen LogP contribution >= 0.6 is 11.6 Å². The molecule has 0 spiro atoms. The molecule has 3 aromatic rings. The van der Waals surface area contributed by atoms with Crippen LogP contribution in [0.3, 0.4) is 0 Å². The van der Waals surface area contributed by atoms with E-state index in [2.05, 4.69) is 15.3 Å². The first-order valence-electron chi connectivity index (χ1n) is 8.13. The van der Waals surface area contributed by atoms with Crippen molar-refractivity contribution >= 4 is 28.8 Å². The van der Waals surface area contributed by atoms with Crippen molar-refractivity contribution < 1.29 is 9.66 Å². The lowest BCUT2D eigenvalue weighted by molar-refractivity contribution is -0.385. The van der Waals surface area contributed by atoms with E-state index < -0.39 is 4.92 Å². The highest BCUT2D eigenvalue weighted by molar-refractivity contribution is 6.30. The largest absolute Gasteiger partial charge is 0.434 e. The van der Waals surface area contributed by atoms with Gasteiger partial charge in [0.05, 0.1) is 4.92 Å². The molecule has 0 aliphatic rings. The Bertz CT molecular complexity index is 1020. The molecule has 3 rings (SSSR count). The molecule has 0 radical (unpaired) electrons. The minimum atomic E-state index is -0.566. The summed E-state index contributed by atoms with van der Waals surface area (Å²) in [7, 11) is 0. The Balaban J connectivity index is 1.99. The first-order chi connectivity index (χ1) is 12.8. The molecule has 27 heavy (non-hydrogen) atoms. The van der Waals surface area contributed by atoms with Crippen LogP contribution in [0, 0.1) is 30.9 Å². The van der Waals surface area contributed by atoms with E-state index in [0.717, 1.165) is 16.7 Å². The molecule has 0 saturated heterocycles. The summed E-state index contributed by atoms with van der Waals surface area (Å²) in [5, 5.41) is 15.2. The highest BCUT2D eigenvalue weighted by Gasteiger charge is 2.25. The quantitative estimate of drug-likeness (QED) is 0.461. The average Bonchev–Trinajstić information content (AvgIpc) is 2.60. The molecule has 2 aromatic carbocycles. The fraction of sp³-hybridized carbons (Fsp3) is 0.158. The van der Waals surface area contributed by atoms with Crippen molar-refractivity contribution in [3.8, 4) is 11.6 Å². The second-order valence-electron chi connectivity index (χ2n) is 6.07. The highest BCUT2D eigenvalue weighted by Crippen LogP contribution is 2.36. The summed E-state index contributed by atoms with van der Waals surface area (Å²) in [5.74, 6) is 0.375. The molecular weight excluding hydrogens is 368 g/mol. The summed E-state index contributed by atoms with van der Waals surface area (Å²) in [6.45, 7) is 5.75. The van der Waals surface area contributed by atoms with Crippen LogP contribution in [-0.2, 0) is 0 Å². The summed E-state index contributed by atoms with van der Waals surface area (Å²) in [4.78, 5) is 19.1. The third-order valence-electron chi connectivity index (χ3n) is 4.11. The predicted molar refractivity (Wildman–Crippen MR) is 104 cm³/mol. The van der Waals surface area contributed by atoms with E-state index in [1.54, 1.807) is 30.3 Å². The average molecular weight is 385 g/mol. The normalized spacial score (nSPS) is 10.5. The molecule has 0 amide bonds. The Hall–Kier alpha value is -3.19. The molecule has 138 valence electrons. The van der Waals surface area contributed by atoms with Crippen molar-refractivity contribution in [2.24, 2.45) is 0 Å². The number of ether oxygens (including phenoxy) is 1. The number of aromatic nitrogens is 2. The van der Waals surface area contributed by atoms with Crippen LogP contribution in [0.2, 0.25) is 5.02 Å². The van der Waals surface area contributed by atoms with E-state index in [4.69, 9.17) is 16.3 Å². The molecular formula is C19H17ClN4O3. The molecule has 0 aliphatic heterocycles. The van der Waals surface area contributed by atoms with Crippen LogP contribution in [0.25, 0.3) is 0 Å². The van der Waals surface area contributed by atoms with Crippen LogP contribution in [0.15, 0.2) is 42.7 Å². The second-order valence-corrected chi connectivity index (χ2v) is 6.50. The lowest BCUT2D eigenvalue weighted by atomic mass is 10.1. The maximum atomic E-state index is 11.7. The van der Waals surface area contributed by atoms with E-state index in [1.165, 1.54) is 6.33 Å². The van der Waals surface area contributed by atoms with Gasteiger partial charge in [-0.1, -0.05) is 17.7 Å². The maximum Gasteiger partial charge on any atom is 0.373 e. The standard InChI is InChI=1S/C19H17ClN4O3/c1-11-4-6-15(9-12(11)2)27-19-17(24(25)26)18(21-10-22-19)23-16-7-5-14(20)8-13(16)3/h4-10H,1-3H3,(H,21,22,23). The van der Waals surface area contributed by atoms with Gasteiger partial charge in [0.1, 0.15) is 12.1 Å². The Morgan fingerprint density at radius 2 is 1.81 bits per heavy atom. The second kappa shape index (κ2) is 7.59. The monoisotopic (exact) mass is 384 g/mol. The molecule has 1 heterocycles. The Labute approximate surface area is 161 Å². The third-order valence-corrected chi connectivity index (χ3v) is 4.34. The molecule has 1 aromatic heterocycles. The van der Waals surface area contributed by atoms with Gasteiger partial charge in [-0.25, -0.2) is 4.98 Å². The lowest BCUT2D eigenvalue weighted by Gasteiger charge is -2.11. The van der Waals surface area contributed by atoms with Gasteiger partial charge in [0, 0.05) is 10.7 Å². The Morgan fingerprint density at radius 3 is 2.48 bits per heavy atom. The van der Waals surface area contributed by atoms with Gasteiger partial charge in [0.2, 0.25) is 5.82 Å². The first kappa shape index (κ1) is 18.6. The van der Waals surface area contributed by atoms with Gasteiger partial charge in [0.15, 0.2) is 0 Å². The van der Waals surface area contributed by atoms with Gasteiger partial charge in [-0.05, 0) is 67.8 Å². The van der Waals surface area contributed by atoms with Crippen molar-refractivity contribution in [3.05, 3.63) is 74.6 Å². The zero-order valence-electron chi connectivity index (χ0n) is 15.0. The van der Waals surface area contributed by atoms with Crippen molar-refractivity contribution in [2.75, 3.05) is 5.32 Å². The minimum Gasteiger partial charge on any atom is -0.434 e. The first-order valence-corrected chi connectivity index (χ1v) is 8.50. The Kier molecular flexibility index (Phi) is 5.23. The molecule has 8 heteroatoms. The number of rotatable bonds is 5. The summed E-state index contributed by atoms with van der Waals surface area (Å²) in [6.07, 6.45) is 1.22. The van der Waals surface area contributed by atoms with Crippen LogP contribution in [-0.4, -0.2) is 14.9 Å². The predicted octanol–water partition coefficient (Wildman–Crippen LogP) is 5.50. The summed E-state index contributed by atoms with van der Waals surface area (Å²) >= 11 is 5.96. The lowest BCUT2D eigenvalue weighted by Crippen LogP contribution is -2.04. The fourth-order valence-corrected chi connectivity index (χ4v) is 2.70. The SMILES string of the molecule is Cc1ccc(Oc2ncnc(Nc3ccc(Cl)cc3C)c2[N+](=O)[O-])cc1C. The van der Waals surface area contributed by atoms with Gasteiger partial charge in [-0.3, -0.25) is 10.1 Å². The van der Waals surface area contributed by atoms with Crippen LogP contribution in [0.1, 0.15) is 16.7 Å². The summed E-state index contributed by atoms with van der Waals surface area (Å²) in [6, 6.07) is 10.6. The number of nitrogens with one attached hydrogen (secondary N) is 1. The van der Waals surface area contributed by atoms with Gasteiger partial charge in [0.25, 0.3) is 0 Å². The molecule has 0 aliphatic carbocycles. The molecule has 0 saturated carbocycles.